The van der Waals surface area contributed by atoms with Gasteiger partial charge in [0.1, 0.15) is 18.2 Å². The molecule has 86 valence electrons. The molecule has 0 fully saturated rings. The normalized spacial score (nSPS) is 9.94. The third kappa shape index (κ3) is 2.94. The molecule has 0 radical (unpaired) electrons. The van der Waals surface area contributed by atoms with Gasteiger partial charge in [0.15, 0.2) is 0 Å². The zero-order valence-corrected chi connectivity index (χ0v) is 9.40. The van der Waals surface area contributed by atoms with Crippen LogP contribution < -0.4 is 4.74 Å². The fourth-order valence-corrected chi connectivity index (χ4v) is 1.54. The Morgan fingerprint density at radius 1 is 0.941 bits per heavy atom. The molecule has 0 atom stereocenters. The number of hydrogen-bond acceptors (Lipinski definition) is 1. The maximum absolute atomic E-state index is 12.8. The average Bonchev–Trinajstić information content (AvgIpc) is 2.38. The van der Waals surface area contributed by atoms with Gasteiger partial charge < -0.3 is 4.74 Å². The minimum absolute atomic E-state index is 0.223. The Balaban J connectivity index is 2.17. The van der Waals surface area contributed by atoms with E-state index in [2.05, 4.69) is 6.58 Å². The number of halogens is 1. The van der Waals surface area contributed by atoms with Crippen LogP contribution in [0.25, 0.3) is 11.1 Å². The molecule has 1 nitrogen and oxygen atoms in total. The largest absolute Gasteiger partial charge is 0.490 e. The summed E-state index contributed by atoms with van der Waals surface area (Å²) >= 11 is 0. The third-order valence-corrected chi connectivity index (χ3v) is 2.40. The van der Waals surface area contributed by atoms with E-state index in [0.29, 0.717) is 6.61 Å². The van der Waals surface area contributed by atoms with Gasteiger partial charge in [0.05, 0.1) is 0 Å². The lowest BCUT2D eigenvalue weighted by molar-refractivity contribution is 0.363. The van der Waals surface area contributed by atoms with Crippen molar-refractivity contribution in [1.29, 1.82) is 0 Å². The van der Waals surface area contributed by atoms with Crippen molar-refractivity contribution in [1.82, 2.24) is 0 Å². The highest BCUT2D eigenvalue weighted by Crippen LogP contribution is 2.22. The molecule has 17 heavy (non-hydrogen) atoms. The van der Waals surface area contributed by atoms with E-state index < -0.39 is 0 Å². The first kappa shape index (κ1) is 11.4. The molecular formula is C15H13FO. The first-order chi connectivity index (χ1) is 8.29. The van der Waals surface area contributed by atoms with Crippen LogP contribution in [0.1, 0.15) is 0 Å². The van der Waals surface area contributed by atoms with Gasteiger partial charge in [-0.2, -0.15) is 0 Å². The summed E-state index contributed by atoms with van der Waals surface area (Å²) in [6, 6.07) is 14.1. The molecule has 2 aromatic rings. The van der Waals surface area contributed by atoms with Crippen LogP contribution >= 0.6 is 0 Å². The van der Waals surface area contributed by atoms with Gasteiger partial charge in [0.25, 0.3) is 0 Å². The third-order valence-electron chi connectivity index (χ3n) is 2.40. The molecule has 0 saturated carbocycles. The second-order valence-corrected chi connectivity index (χ2v) is 3.63. The van der Waals surface area contributed by atoms with E-state index in [0.717, 1.165) is 16.9 Å². The topological polar surface area (TPSA) is 9.23 Å². The average molecular weight is 228 g/mol. The fraction of sp³-hybridized carbons (Fsp3) is 0.0667. The lowest BCUT2D eigenvalue weighted by atomic mass is 10.1. The molecular weight excluding hydrogens is 215 g/mol. The van der Waals surface area contributed by atoms with Crippen molar-refractivity contribution in [3.63, 3.8) is 0 Å². The Morgan fingerprint density at radius 3 is 2.00 bits per heavy atom. The zero-order chi connectivity index (χ0) is 12.1. The molecule has 0 saturated heterocycles. The van der Waals surface area contributed by atoms with Crippen LogP contribution in [0.4, 0.5) is 4.39 Å². The molecule has 0 amide bonds. The molecule has 0 bridgehead atoms. The highest BCUT2D eigenvalue weighted by atomic mass is 19.1. The van der Waals surface area contributed by atoms with Crippen LogP contribution in [-0.4, -0.2) is 6.61 Å². The van der Waals surface area contributed by atoms with Crippen molar-refractivity contribution in [2.75, 3.05) is 6.61 Å². The molecule has 2 aromatic carbocycles. The van der Waals surface area contributed by atoms with E-state index in [1.807, 2.05) is 24.3 Å². The first-order valence-corrected chi connectivity index (χ1v) is 5.39. The highest BCUT2D eigenvalue weighted by Gasteiger charge is 1.98. The smallest absolute Gasteiger partial charge is 0.123 e. The Bertz CT molecular complexity index is 485. The molecule has 0 aliphatic heterocycles. The minimum Gasteiger partial charge on any atom is -0.490 e. The van der Waals surface area contributed by atoms with Crippen molar-refractivity contribution >= 4 is 0 Å². The van der Waals surface area contributed by atoms with E-state index in [1.54, 1.807) is 18.2 Å². The molecule has 0 heterocycles. The van der Waals surface area contributed by atoms with Crippen LogP contribution in [0.3, 0.4) is 0 Å². The van der Waals surface area contributed by atoms with Crippen LogP contribution in [0.15, 0.2) is 61.2 Å². The minimum atomic E-state index is -0.223. The van der Waals surface area contributed by atoms with Gasteiger partial charge in [0.2, 0.25) is 0 Å². The SMILES string of the molecule is C=CCOc1ccc(-c2ccc(F)cc2)cc1. The summed E-state index contributed by atoms with van der Waals surface area (Å²) in [4.78, 5) is 0. The number of ether oxygens (including phenoxy) is 1. The maximum atomic E-state index is 12.8. The van der Waals surface area contributed by atoms with E-state index in [-0.39, 0.29) is 5.82 Å². The van der Waals surface area contributed by atoms with E-state index in [1.165, 1.54) is 12.1 Å². The lowest BCUT2D eigenvalue weighted by Crippen LogP contribution is -1.92. The maximum Gasteiger partial charge on any atom is 0.123 e. The molecule has 0 spiro atoms. The number of rotatable bonds is 4. The van der Waals surface area contributed by atoms with E-state index in [4.69, 9.17) is 4.74 Å². The van der Waals surface area contributed by atoms with Gasteiger partial charge in [-0.05, 0) is 35.4 Å². The van der Waals surface area contributed by atoms with Gasteiger partial charge in [0, 0.05) is 0 Å². The summed E-state index contributed by atoms with van der Waals surface area (Å²) in [5, 5.41) is 0. The predicted octanol–water partition coefficient (Wildman–Crippen LogP) is 4.06. The zero-order valence-electron chi connectivity index (χ0n) is 9.40. The summed E-state index contributed by atoms with van der Waals surface area (Å²) in [5.74, 6) is 0.579. The molecule has 0 unspecified atom stereocenters. The molecule has 2 rings (SSSR count). The first-order valence-electron chi connectivity index (χ1n) is 5.39. The van der Waals surface area contributed by atoms with Crippen LogP contribution in [-0.2, 0) is 0 Å². The standard InChI is InChI=1S/C15H13FO/c1-2-11-17-15-9-5-13(6-10-15)12-3-7-14(16)8-4-12/h2-10H,1,11H2. The molecule has 2 heteroatoms. The van der Waals surface area contributed by atoms with Crippen molar-refractivity contribution in [2.24, 2.45) is 0 Å². The summed E-state index contributed by atoms with van der Waals surface area (Å²) in [7, 11) is 0. The fourth-order valence-electron chi connectivity index (χ4n) is 1.54. The number of hydrogen-bond donors (Lipinski definition) is 0. The van der Waals surface area contributed by atoms with Crippen LogP contribution in [0, 0.1) is 5.82 Å². The summed E-state index contributed by atoms with van der Waals surface area (Å²) in [6.07, 6.45) is 1.70. The van der Waals surface area contributed by atoms with Gasteiger partial charge in [-0.3, -0.25) is 0 Å². The van der Waals surface area contributed by atoms with Crippen LogP contribution in [0.5, 0.6) is 5.75 Å². The predicted molar refractivity (Wildman–Crippen MR) is 67.5 cm³/mol. The Morgan fingerprint density at radius 2 is 1.47 bits per heavy atom. The Labute approximate surface area is 100 Å². The van der Waals surface area contributed by atoms with Crippen molar-refractivity contribution < 1.29 is 9.13 Å². The number of benzene rings is 2. The van der Waals surface area contributed by atoms with Crippen molar-refractivity contribution in [3.05, 3.63) is 67.0 Å². The van der Waals surface area contributed by atoms with Gasteiger partial charge >= 0.3 is 0 Å². The second-order valence-electron chi connectivity index (χ2n) is 3.63. The highest BCUT2D eigenvalue weighted by molar-refractivity contribution is 5.63. The molecule has 0 N–H and O–H groups in total. The molecule has 0 aliphatic rings. The molecule has 0 aliphatic carbocycles. The Kier molecular flexibility index (Phi) is 3.55. The summed E-state index contributed by atoms with van der Waals surface area (Å²) < 4.78 is 18.2. The Hall–Kier alpha value is -2.09. The second kappa shape index (κ2) is 5.30. The summed E-state index contributed by atoms with van der Waals surface area (Å²) in [5.41, 5.74) is 2.03. The summed E-state index contributed by atoms with van der Waals surface area (Å²) in [6.45, 7) is 4.08. The van der Waals surface area contributed by atoms with E-state index >= 15 is 0 Å². The van der Waals surface area contributed by atoms with Crippen LogP contribution in [0.2, 0.25) is 0 Å². The molecule has 0 aromatic heterocycles. The van der Waals surface area contributed by atoms with Gasteiger partial charge in [-0.15, -0.1) is 0 Å². The lowest BCUT2D eigenvalue weighted by Gasteiger charge is -2.05. The van der Waals surface area contributed by atoms with Gasteiger partial charge in [-0.25, -0.2) is 4.39 Å². The van der Waals surface area contributed by atoms with Crippen molar-refractivity contribution in [3.8, 4) is 16.9 Å². The van der Waals surface area contributed by atoms with Crippen molar-refractivity contribution in [2.45, 2.75) is 0 Å². The van der Waals surface area contributed by atoms with E-state index in [9.17, 15) is 4.39 Å². The van der Waals surface area contributed by atoms with Gasteiger partial charge in [-0.1, -0.05) is 36.9 Å². The monoisotopic (exact) mass is 228 g/mol. The quantitative estimate of drug-likeness (QED) is 0.717.